The Kier molecular flexibility index (Phi) is 4.04. The first-order valence-corrected chi connectivity index (χ1v) is 6.46. The largest absolute Gasteiger partial charge is 0.497 e. The zero-order chi connectivity index (χ0) is 13.8. The van der Waals surface area contributed by atoms with Crippen molar-refractivity contribution in [2.45, 2.75) is 32.2 Å². The maximum absolute atomic E-state index is 12.2. The average Bonchev–Trinajstić information content (AvgIpc) is 2.71. The SMILES string of the molecule is CCCCC1NC(=O)N(c2cccc(OC)c2)C1=O. The number of benzene rings is 1. The van der Waals surface area contributed by atoms with Crippen LogP contribution in [0.15, 0.2) is 24.3 Å². The average molecular weight is 262 g/mol. The molecule has 1 aromatic rings. The lowest BCUT2D eigenvalue weighted by atomic mass is 10.1. The Morgan fingerprint density at radius 1 is 1.37 bits per heavy atom. The fourth-order valence-corrected chi connectivity index (χ4v) is 2.13. The highest BCUT2D eigenvalue weighted by molar-refractivity contribution is 6.21. The monoisotopic (exact) mass is 262 g/mol. The molecule has 0 bridgehead atoms. The van der Waals surface area contributed by atoms with E-state index in [-0.39, 0.29) is 11.9 Å². The molecule has 0 aliphatic carbocycles. The second-order valence-electron chi connectivity index (χ2n) is 4.52. The minimum Gasteiger partial charge on any atom is -0.497 e. The molecule has 3 amide bonds. The molecule has 19 heavy (non-hydrogen) atoms. The number of methoxy groups -OCH3 is 1. The first-order chi connectivity index (χ1) is 9.17. The number of anilines is 1. The number of rotatable bonds is 5. The summed E-state index contributed by atoms with van der Waals surface area (Å²) in [5.74, 6) is 0.432. The third-order valence-electron chi connectivity index (χ3n) is 3.18. The number of amides is 3. The Hall–Kier alpha value is -2.04. The molecule has 1 saturated heterocycles. The standard InChI is InChI=1S/C14H18N2O3/c1-3-4-8-12-13(17)16(14(18)15-12)10-6-5-7-11(9-10)19-2/h5-7,9,12H,3-4,8H2,1-2H3,(H,15,18). The number of carbonyl (C=O) groups is 2. The number of nitrogens with zero attached hydrogens (tertiary/aromatic N) is 1. The third kappa shape index (κ3) is 2.70. The molecular weight excluding hydrogens is 244 g/mol. The van der Waals surface area contributed by atoms with E-state index in [1.807, 2.05) is 0 Å². The molecule has 0 aromatic heterocycles. The number of hydrogen-bond donors (Lipinski definition) is 1. The van der Waals surface area contributed by atoms with E-state index in [1.54, 1.807) is 31.4 Å². The molecule has 1 heterocycles. The molecule has 1 aliphatic rings. The number of hydrogen-bond acceptors (Lipinski definition) is 3. The maximum atomic E-state index is 12.2. The van der Waals surface area contributed by atoms with Crippen LogP contribution in [0, 0.1) is 0 Å². The highest BCUT2D eigenvalue weighted by Gasteiger charge is 2.38. The number of nitrogens with one attached hydrogen (secondary N) is 1. The minimum absolute atomic E-state index is 0.188. The fourth-order valence-electron chi connectivity index (χ4n) is 2.13. The van der Waals surface area contributed by atoms with E-state index in [4.69, 9.17) is 4.74 Å². The van der Waals surface area contributed by atoms with E-state index in [0.29, 0.717) is 17.9 Å². The molecule has 1 fully saturated rings. The van der Waals surface area contributed by atoms with Gasteiger partial charge >= 0.3 is 6.03 Å². The molecule has 5 heteroatoms. The van der Waals surface area contributed by atoms with Crippen LogP contribution in [0.5, 0.6) is 5.75 Å². The predicted octanol–water partition coefficient (Wildman–Crippen LogP) is 2.31. The van der Waals surface area contributed by atoms with Crippen molar-refractivity contribution in [1.29, 1.82) is 0 Å². The van der Waals surface area contributed by atoms with Gasteiger partial charge in [-0.3, -0.25) is 4.79 Å². The van der Waals surface area contributed by atoms with E-state index in [0.717, 1.165) is 12.8 Å². The number of urea groups is 1. The van der Waals surface area contributed by atoms with Gasteiger partial charge in [-0.2, -0.15) is 0 Å². The zero-order valence-corrected chi connectivity index (χ0v) is 11.2. The Balaban J connectivity index is 2.19. The molecule has 102 valence electrons. The molecule has 1 aliphatic heterocycles. The number of carbonyl (C=O) groups excluding carboxylic acids is 2. The Morgan fingerprint density at radius 2 is 2.16 bits per heavy atom. The van der Waals surface area contributed by atoms with Crippen molar-refractivity contribution in [3.63, 3.8) is 0 Å². The molecule has 2 rings (SSSR count). The summed E-state index contributed by atoms with van der Waals surface area (Å²) in [5.41, 5.74) is 0.542. The van der Waals surface area contributed by atoms with Crippen molar-refractivity contribution in [3.8, 4) is 5.75 Å². The summed E-state index contributed by atoms with van der Waals surface area (Å²) in [6.07, 6.45) is 2.60. The highest BCUT2D eigenvalue weighted by Crippen LogP contribution is 2.25. The second-order valence-corrected chi connectivity index (χ2v) is 4.52. The molecule has 1 N–H and O–H groups in total. The van der Waals surface area contributed by atoms with Gasteiger partial charge in [0.25, 0.3) is 5.91 Å². The Morgan fingerprint density at radius 3 is 2.84 bits per heavy atom. The molecule has 1 aromatic carbocycles. The summed E-state index contributed by atoms with van der Waals surface area (Å²) in [5, 5.41) is 2.72. The predicted molar refractivity (Wildman–Crippen MR) is 72.3 cm³/mol. The van der Waals surface area contributed by atoms with Gasteiger partial charge in [-0.25, -0.2) is 9.69 Å². The van der Waals surface area contributed by atoms with Crippen molar-refractivity contribution >= 4 is 17.6 Å². The molecule has 0 spiro atoms. The lowest BCUT2D eigenvalue weighted by Gasteiger charge is -2.13. The summed E-state index contributed by atoms with van der Waals surface area (Å²) in [7, 11) is 1.55. The van der Waals surface area contributed by atoms with Crippen LogP contribution in [0.1, 0.15) is 26.2 Å². The van der Waals surface area contributed by atoms with Crippen LogP contribution >= 0.6 is 0 Å². The molecule has 1 unspecified atom stereocenters. The first-order valence-electron chi connectivity index (χ1n) is 6.46. The van der Waals surface area contributed by atoms with E-state index in [9.17, 15) is 9.59 Å². The van der Waals surface area contributed by atoms with Crippen LogP contribution in [0.4, 0.5) is 10.5 Å². The topological polar surface area (TPSA) is 58.6 Å². The minimum atomic E-state index is -0.404. The van der Waals surface area contributed by atoms with E-state index < -0.39 is 6.04 Å². The van der Waals surface area contributed by atoms with Crippen molar-refractivity contribution in [2.75, 3.05) is 12.0 Å². The second kappa shape index (κ2) is 5.73. The Labute approximate surface area is 112 Å². The summed E-state index contributed by atoms with van der Waals surface area (Å²) in [6.45, 7) is 2.06. The van der Waals surface area contributed by atoms with E-state index in [2.05, 4.69) is 12.2 Å². The van der Waals surface area contributed by atoms with Gasteiger partial charge in [0.2, 0.25) is 0 Å². The van der Waals surface area contributed by atoms with Crippen LogP contribution in [0.2, 0.25) is 0 Å². The lowest BCUT2D eigenvalue weighted by Crippen LogP contribution is -2.31. The molecule has 0 radical (unpaired) electrons. The highest BCUT2D eigenvalue weighted by atomic mass is 16.5. The van der Waals surface area contributed by atoms with Crippen LogP contribution in [-0.4, -0.2) is 25.1 Å². The van der Waals surface area contributed by atoms with Crippen LogP contribution in [-0.2, 0) is 4.79 Å². The Bertz CT molecular complexity index is 487. The van der Waals surface area contributed by atoms with Crippen LogP contribution in [0.3, 0.4) is 0 Å². The summed E-state index contributed by atoms with van der Waals surface area (Å²) >= 11 is 0. The van der Waals surface area contributed by atoms with Crippen molar-refractivity contribution in [2.24, 2.45) is 0 Å². The van der Waals surface area contributed by atoms with Gasteiger partial charge < -0.3 is 10.1 Å². The van der Waals surface area contributed by atoms with E-state index in [1.165, 1.54) is 4.90 Å². The van der Waals surface area contributed by atoms with Gasteiger partial charge in [-0.15, -0.1) is 0 Å². The maximum Gasteiger partial charge on any atom is 0.329 e. The third-order valence-corrected chi connectivity index (χ3v) is 3.18. The van der Waals surface area contributed by atoms with Crippen molar-refractivity contribution < 1.29 is 14.3 Å². The van der Waals surface area contributed by atoms with E-state index >= 15 is 0 Å². The summed E-state index contributed by atoms with van der Waals surface area (Å²) < 4.78 is 5.11. The number of ether oxygens (including phenoxy) is 1. The van der Waals surface area contributed by atoms with Gasteiger partial charge in [0.1, 0.15) is 11.8 Å². The number of unbranched alkanes of at least 4 members (excludes halogenated alkanes) is 1. The molecule has 1 atom stereocenters. The van der Waals surface area contributed by atoms with Gasteiger partial charge in [-0.05, 0) is 18.6 Å². The molecular formula is C14H18N2O3. The van der Waals surface area contributed by atoms with Crippen molar-refractivity contribution in [3.05, 3.63) is 24.3 Å². The molecule has 0 saturated carbocycles. The number of imide groups is 1. The first kappa shape index (κ1) is 13.4. The quantitative estimate of drug-likeness (QED) is 0.828. The van der Waals surface area contributed by atoms with Crippen molar-refractivity contribution in [1.82, 2.24) is 5.32 Å². The fraction of sp³-hybridized carbons (Fsp3) is 0.429. The molecule has 5 nitrogen and oxygen atoms in total. The normalized spacial score (nSPS) is 18.6. The zero-order valence-electron chi connectivity index (χ0n) is 11.2. The van der Waals surface area contributed by atoms with Gasteiger partial charge in [0.05, 0.1) is 12.8 Å². The van der Waals surface area contributed by atoms with Gasteiger partial charge in [-0.1, -0.05) is 25.8 Å². The van der Waals surface area contributed by atoms with Gasteiger partial charge in [0, 0.05) is 6.07 Å². The summed E-state index contributed by atoms with van der Waals surface area (Å²) in [6, 6.07) is 6.17. The van der Waals surface area contributed by atoms with Crippen LogP contribution < -0.4 is 15.0 Å². The lowest BCUT2D eigenvalue weighted by molar-refractivity contribution is -0.118. The smallest absolute Gasteiger partial charge is 0.329 e. The summed E-state index contributed by atoms with van der Waals surface area (Å²) in [4.78, 5) is 25.3. The van der Waals surface area contributed by atoms with Gasteiger partial charge in [0.15, 0.2) is 0 Å². The van der Waals surface area contributed by atoms with Crippen LogP contribution in [0.25, 0.3) is 0 Å².